The number of nitrogens with one attached hydrogen (secondary N) is 4. The molecular formula is C28H36N4O5. The second-order valence-electron chi connectivity index (χ2n) is 9.14. The van der Waals surface area contributed by atoms with E-state index in [1.54, 1.807) is 31.2 Å². The van der Waals surface area contributed by atoms with E-state index >= 15 is 0 Å². The molecule has 4 N–H and O–H groups in total. The summed E-state index contributed by atoms with van der Waals surface area (Å²) in [7, 11) is 0. The molecule has 1 saturated carbocycles. The fourth-order valence-electron chi connectivity index (χ4n) is 4.37. The van der Waals surface area contributed by atoms with Crippen LogP contribution in [0.4, 0.5) is 10.5 Å². The molecule has 0 saturated heterocycles. The van der Waals surface area contributed by atoms with Crippen molar-refractivity contribution < 1.29 is 23.9 Å². The van der Waals surface area contributed by atoms with Crippen LogP contribution >= 0.6 is 0 Å². The van der Waals surface area contributed by atoms with Gasteiger partial charge in [-0.2, -0.15) is 0 Å². The highest BCUT2D eigenvalue weighted by Gasteiger charge is 2.20. The number of benzene rings is 2. The Labute approximate surface area is 217 Å². The number of anilines is 1. The Balaban J connectivity index is 1.49. The maximum Gasteiger partial charge on any atom is 0.319 e. The zero-order valence-electron chi connectivity index (χ0n) is 21.3. The van der Waals surface area contributed by atoms with Gasteiger partial charge >= 0.3 is 12.0 Å². The SMILES string of the molecule is CCOC(=O)CC(NC(=O)CNC(=O)c1cccc(NC(=O)NCC2CCCCC2)c1)c1ccccc1. The van der Waals surface area contributed by atoms with Gasteiger partial charge in [0.2, 0.25) is 5.91 Å². The number of hydrogen-bond donors (Lipinski definition) is 4. The van der Waals surface area contributed by atoms with E-state index in [0.717, 1.165) is 18.4 Å². The van der Waals surface area contributed by atoms with Crippen LogP contribution in [-0.4, -0.2) is 43.5 Å². The van der Waals surface area contributed by atoms with Crippen molar-refractivity contribution in [2.24, 2.45) is 5.92 Å². The Morgan fingerprint density at radius 3 is 2.43 bits per heavy atom. The van der Waals surface area contributed by atoms with E-state index in [1.165, 1.54) is 19.3 Å². The van der Waals surface area contributed by atoms with Crippen molar-refractivity contribution in [2.45, 2.75) is 51.5 Å². The van der Waals surface area contributed by atoms with E-state index in [2.05, 4.69) is 21.3 Å². The topological polar surface area (TPSA) is 126 Å². The Bertz CT molecular complexity index is 1050. The first-order valence-electron chi connectivity index (χ1n) is 12.9. The summed E-state index contributed by atoms with van der Waals surface area (Å²) >= 11 is 0. The monoisotopic (exact) mass is 508 g/mol. The molecule has 0 heterocycles. The molecular weight excluding hydrogens is 472 g/mol. The van der Waals surface area contributed by atoms with Gasteiger partial charge in [-0.1, -0.05) is 55.7 Å². The second kappa shape index (κ2) is 14.6. The number of esters is 1. The van der Waals surface area contributed by atoms with Gasteiger partial charge in [0.1, 0.15) is 0 Å². The van der Waals surface area contributed by atoms with Crippen molar-refractivity contribution >= 4 is 29.5 Å². The van der Waals surface area contributed by atoms with Crippen LogP contribution in [0.5, 0.6) is 0 Å². The summed E-state index contributed by atoms with van der Waals surface area (Å²) in [6, 6.07) is 14.7. The highest BCUT2D eigenvalue weighted by atomic mass is 16.5. The molecule has 3 rings (SSSR count). The largest absolute Gasteiger partial charge is 0.466 e. The van der Waals surface area contributed by atoms with Crippen LogP contribution in [0.1, 0.15) is 67.4 Å². The van der Waals surface area contributed by atoms with Crippen molar-refractivity contribution in [3.05, 3.63) is 65.7 Å². The molecule has 2 aromatic carbocycles. The highest BCUT2D eigenvalue weighted by Crippen LogP contribution is 2.23. The average Bonchev–Trinajstić information content (AvgIpc) is 2.91. The number of carbonyl (C=O) groups excluding carboxylic acids is 4. The van der Waals surface area contributed by atoms with Crippen LogP contribution in [0.3, 0.4) is 0 Å². The van der Waals surface area contributed by atoms with Gasteiger partial charge in [-0.15, -0.1) is 0 Å². The normalized spacial score (nSPS) is 14.2. The summed E-state index contributed by atoms with van der Waals surface area (Å²) in [6.07, 6.45) is 5.94. The van der Waals surface area contributed by atoms with Crippen LogP contribution in [0.2, 0.25) is 0 Å². The lowest BCUT2D eigenvalue weighted by Crippen LogP contribution is -2.39. The molecule has 1 atom stereocenters. The van der Waals surface area contributed by atoms with Crippen LogP contribution < -0.4 is 21.3 Å². The zero-order chi connectivity index (χ0) is 26.5. The minimum Gasteiger partial charge on any atom is -0.466 e. The van der Waals surface area contributed by atoms with Crippen LogP contribution in [0.25, 0.3) is 0 Å². The first-order valence-corrected chi connectivity index (χ1v) is 12.9. The van der Waals surface area contributed by atoms with Crippen molar-refractivity contribution in [3.63, 3.8) is 0 Å². The van der Waals surface area contributed by atoms with E-state index in [-0.39, 0.29) is 25.6 Å². The minimum absolute atomic E-state index is 0.0198. The summed E-state index contributed by atoms with van der Waals surface area (Å²) in [5.41, 5.74) is 1.55. The lowest BCUT2D eigenvalue weighted by atomic mass is 9.89. The summed E-state index contributed by atoms with van der Waals surface area (Å²) in [5, 5.41) is 11.0. The average molecular weight is 509 g/mol. The molecule has 37 heavy (non-hydrogen) atoms. The number of hydrogen-bond acceptors (Lipinski definition) is 5. The maximum atomic E-state index is 12.6. The lowest BCUT2D eigenvalue weighted by molar-refractivity contribution is -0.143. The first kappa shape index (κ1) is 27.7. The predicted molar refractivity (Wildman–Crippen MR) is 141 cm³/mol. The molecule has 0 spiro atoms. The molecule has 0 radical (unpaired) electrons. The van der Waals surface area contributed by atoms with E-state index in [1.807, 2.05) is 30.3 Å². The minimum atomic E-state index is -0.579. The van der Waals surface area contributed by atoms with Crippen molar-refractivity contribution in [1.82, 2.24) is 16.0 Å². The Morgan fingerprint density at radius 2 is 1.70 bits per heavy atom. The zero-order valence-corrected chi connectivity index (χ0v) is 21.3. The van der Waals surface area contributed by atoms with Gasteiger partial charge in [0.05, 0.1) is 25.6 Å². The Hall–Kier alpha value is -3.88. The Kier molecular flexibility index (Phi) is 10.9. The molecule has 9 heteroatoms. The number of carbonyl (C=O) groups is 4. The van der Waals surface area contributed by atoms with Gasteiger partial charge < -0.3 is 26.0 Å². The summed E-state index contributed by atoms with van der Waals surface area (Å²) in [5.74, 6) is -0.805. The summed E-state index contributed by atoms with van der Waals surface area (Å²) < 4.78 is 5.02. The van der Waals surface area contributed by atoms with Crippen LogP contribution in [0.15, 0.2) is 54.6 Å². The number of rotatable bonds is 11. The van der Waals surface area contributed by atoms with Gasteiger partial charge in [-0.25, -0.2) is 4.79 Å². The quantitative estimate of drug-likeness (QED) is 0.342. The third-order valence-electron chi connectivity index (χ3n) is 6.28. The molecule has 1 unspecified atom stereocenters. The molecule has 9 nitrogen and oxygen atoms in total. The number of amides is 4. The van der Waals surface area contributed by atoms with Crippen LogP contribution in [-0.2, 0) is 14.3 Å². The molecule has 1 aliphatic carbocycles. The summed E-state index contributed by atoms with van der Waals surface area (Å²) in [6.45, 7) is 2.34. The molecule has 2 aromatic rings. The molecule has 0 aromatic heterocycles. The van der Waals surface area contributed by atoms with Gasteiger partial charge in [0.15, 0.2) is 0 Å². The van der Waals surface area contributed by atoms with E-state index in [4.69, 9.17) is 4.74 Å². The van der Waals surface area contributed by atoms with E-state index in [0.29, 0.717) is 23.7 Å². The van der Waals surface area contributed by atoms with Crippen LogP contribution in [0, 0.1) is 5.92 Å². The number of urea groups is 1. The fourth-order valence-corrected chi connectivity index (χ4v) is 4.37. The molecule has 0 bridgehead atoms. The molecule has 1 aliphatic rings. The van der Waals surface area contributed by atoms with Crippen molar-refractivity contribution in [3.8, 4) is 0 Å². The van der Waals surface area contributed by atoms with Crippen molar-refractivity contribution in [2.75, 3.05) is 25.0 Å². The molecule has 1 fully saturated rings. The van der Waals surface area contributed by atoms with E-state index in [9.17, 15) is 19.2 Å². The number of ether oxygens (including phenoxy) is 1. The highest BCUT2D eigenvalue weighted by molar-refractivity contribution is 5.98. The smallest absolute Gasteiger partial charge is 0.319 e. The fraction of sp³-hybridized carbons (Fsp3) is 0.429. The molecule has 198 valence electrons. The molecule has 0 aliphatic heterocycles. The first-order chi connectivity index (χ1) is 17.9. The van der Waals surface area contributed by atoms with Gasteiger partial charge in [0.25, 0.3) is 5.91 Å². The lowest BCUT2D eigenvalue weighted by Gasteiger charge is -2.21. The third-order valence-corrected chi connectivity index (χ3v) is 6.28. The standard InChI is InChI=1S/C28H36N4O5/c1-2-37-26(34)17-24(21-12-7-4-8-13-21)32-25(33)19-29-27(35)22-14-9-15-23(16-22)31-28(36)30-18-20-10-5-3-6-11-20/h4,7-9,12-16,20,24H,2-3,5-6,10-11,17-19H2,1H3,(H,29,35)(H,32,33)(H2,30,31,36). The van der Waals surface area contributed by atoms with Gasteiger partial charge in [0, 0.05) is 17.8 Å². The van der Waals surface area contributed by atoms with Crippen molar-refractivity contribution in [1.29, 1.82) is 0 Å². The third kappa shape index (κ3) is 9.59. The predicted octanol–water partition coefficient (Wildman–Crippen LogP) is 3.93. The Morgan fingerprint density at radius 1 is 0.946 bits per heavy atom. The van der Waals surface area contributed by atoms with Gasteiger partial charge in [-0.05, 0) is 49.4 Å². The van der Waals surface area contributed by atoms with Gasteiger partial charge in [-0.3, -0.25) is 14.4 Å². The maximum absolute atomic E-state index is 12.6. The van der Waals surface area contributed by atoms with E-state index < -0.39 is 23.8 Å². The second-order valence-corrected chi connectivity index (χ2v) is 9.14. The summed E-state index contributed by atoms with van der Waals surface area (Å²) in [4.78, 5) is 49.5. The molecule has 4 amide bonds.